The van der Waals surface area contributed by atoms with Crippen LogP contribution in [0, 0.1) is 11.6 Å². The first-order valence-electron chi connectivity index (χ1n) is 17.0. The molecule has 0 saturated carbocycles. The number of carbonyl (C=O) groups excluding carboxylic acids is 4. The highest BCUT2D eigenvalue weighted by Gasteiger charge is 2.21. The summed E-state index contributed by atoms with van der Waals surface area (Å²) in [6.45, 7) is 14.9. The molecule has 0 aliphatic carbocycles. The van der Waals surface area contributed by atoms with E-state index < -0.39 is 59.3 Å². The van der Waals surface area contributed by atoms with E-state index in [9.17, 15) is 33.1 Å². The Morgan fingerprint density at radius 1 is 0.759 bits per heavy atom. The van der Waals surface area contributed by atoms with Crippen LogP contribution in [0.1, 0.15) is 92.7 Å². The van der Waals surface area contributed by atoms with E-state index in [0.717, 1.165) is 17.0 Å². The van der Waals surface area contributed by atoms with Crippen LogP contribution in [-0.2, 0) is 23.7 Å². The quantitative estimate of drug-likeness (QED) is 0.0337. The summed E-state index contributed by atoms with van der Waals surface area (Å²) in [6, 6.07) is 10.7. The van der Waals surface area contributed by atoms with E-state index in [4.69, 9.17) is 19.9 Å². The number of halogens is 2. The number of hydrogen-bond donors (Lipinski definition) is 4. The maximum atomic E-state index is 14.0. The minimum absolute atomic E-state index is 0.0299. The minimum Gasteiger partial charge on any atom is -0.461 e. The maximum Gasteiger partial charge on any atom is 0.414 e. The number of ether oxygens (including phenoxy) is 4. The third-order valence-electron chi connectivity index (χ3n) is 6.31. The zero-order valence-corrected chi connectivity index (χ0v) is 33.5. The van der Waals surface area contributed by atoms with Crippen molar-refractivity contribution in [3.8, 4) is 0 Å². The maximum absolute atomic E-state index is 14.0. The number of carbonyl (C=O) groups is 4. The molecule has 0 heterocycles. The van der Waals surface area contributed by atoms with Gasteiger partial charge in [-0.25, -0.2) is 23.2 Å². The van der Waals surface area contributed by atoms with Gasteiger partial charge in [0.2, 0.25) is 5.96 Å². The number of benzene rings is 2. The molecule has 3 amide bonds. The predicted octanol–water partition coefficient (Wildman–Crippen LogP) is 7.59. The summed E-state index contributed by atoms with van der Waals surface area (Å²) in [6.07, 6.45) is 0.369. The number of rotatable bonds is 11. The lowest BCUT2D eigenvalue weighted by molar-refractivity contribution is -0.142. The molecule has 0 spiro atoms. The summed E-state index contributed by atoms with van der Waals surface area (Å²) in [5.41, 5.74) is 4.36. The second-order valence-corrected chi connectivity index (χ2v) is 15.5. The van der Waals surface area contributed by atoms with Gasteiger partial charge in [0.05, 0.1) is 6.61 Å². The number of aliphatic hydroxyl groups excluding tert-OH is 1. The SMILES string of the molecule is CC(C)(C)OC(N)=O.CSc1ccc(/C(COC(=O)CCCCN=C(NC(=O)OC(C)(C)C)NC(=O)OC(C)(C)C)=C(/CO)c2ccc(F)c(F)c2)cc1. The molecular weight excluding hydrogens is 726 g/mol. The largest absolute Gasteiger partial charge is 0.461 e. The van der Waals surface area contributed by atoms with E-state index in [-0.39, 0.29) is 31.1 Å². The molecule has 0 bridgehead atoms. The van der Waals surface area contributed by atoms with Gasteiger partial charge in [-0.1, -0.05) is 18.2 Å². The number of unbranched alkanes of at least 4 members (excludes halogenated alkanes) is 1. The molecule has 0 unspecified atom stereocenters. The highest BCUT2D eigenvalue weighted by atomic mass is 32.2. The zero-order valence-electron chi connectivity index (χ0n) is 32.7. The van der Waals surface area contributed by atoms with E-state index in [1.54, 1.807) is 86.2 Å². The summed E-state index contributed by atoms with van der Waals surface area (Å²) in [4.78, 5) is 52.4. The van der Waals surface area contributed by atoms with Crippen molar-refractivity contribution in [2.45, 2.75) is 103 Å². The second-order valence-electron chi connectivity index (χ2n) is 14.6. The standard InChI is InChI=1S/C33H43F2N3O7S.C5H11NO2/c1-32(2,3)44-30(41)37-29(38-31(42)45-33(4,5)6)36-17-9-8-10-28(40)43-20-25(21-11-14-23(46-7)15-12-21)24(19-39)22-13-16-26(34)27(35)18-22;1-5(2,3)8-4(6)7/h11-16,18,39H,8-10,17,19-20H2,1-7H3,(H2,36,37,38,41,42);1-3H3,(H2,6,7)/b25-24-;. The lowest BCUT2D eigenvalue weighted by atomic mass is 9.95. The number of aliphatic imine (C=N–C) groups is 1. The van der Waals surface area contributed by atoms with Gasteiger partial charge in [-0.2, -0.15) is 0 Å². The molecule has 0 fully saturated rings. The molecular formula is C38H54F2N4O9S. The number of aliphatic hydroxyl groups is 1. The topological polar surface area (TPSA) is 188 Å². The lowest BCUT2D eigenvalue weighted by Crippen LogP contribution is -2.47. The van der Waals surface area contributed by atoms with Crippen molar-refractivity contribution in [2.24, 2.45) is 10.7 Å². The summed E-state index contributed by atoms with van der Waals surface area (Å²) in [7, 11) is 0. The number of hydrogen-bond acceptors (Lipinski definition) is 11. The third-order valence-corrected chi connectivity index (χ3v) is 7.05. The molecule has 13 nitrogen and oxygen atoms in total. The van der Waals surface area contributed by atoms with Gasteiger partial charge in [0.25, 0.3) is 0 Å². The number of guanidine groups is 1. The van der Waals surface area contributed by atoms with Crippen LogP contribution >= 0.6 is 11.8 Å². The molecule has 2 aromatic rings. The highest BCUT2D eigenvalue weighted by molar-refractivity contribution is 7.98. The normalized spacial score (nSPS) is 11.9. The van der Waals surface area contributed by atoms with Crippen molar-refractivity contribution in [3.63, 3.8) is 0 Å². The Morgan fingerprint density at radius 3 is 1.70 bits per heavy atom. The highest BCUT2D eigenvalue weighted by Crippen LogP contribution is 2.29. The molecule has 0 atom stereocenters. The fourth-order valence-corrected chi connectivity index (χ4v) is 4.60. The van der Waals surface area contributed by atoms with Crippen molar-refractivity contribution in [1.82, 2.24) is 10.6 Å². The van der Waals surface area contributed by atoms with Crippen molar-refractivity contribution in [1.29, 1.82) is 0 Å². The van der Waals surface area contributed by atoms with E-state index in [2.05, 4.69) is 20.4 Å². The summed E-state index contributed by atoms with van der Waals surface area (Å²) in [5.74, 6) is -2.77. The van der Waals surface area contributed by atoms with Crippen molar-refractivity contribution in [2.75, 3.05) is 26.0 Å². The number of amides is 3. The van der Waals surface area contributed by atoms with Gasteiger partial charge in [-0.3, -0.25) is 20.4 Å². The van der Waals surface area contributed by atoms with Crippen LogP contribution in [0.25, 0.3) is 11.1 Å². The molecule has 5 N–H and O–H groups in total. The molecule has 2 rings (SSSR count). The number of nitrogens with one attached hydrogen (secondary N) is 2. The van der Waals surface area contributed by atoms with Crippen LogP contribution in [-0.4, -0.2) is 78.1 Å². The molecule has 0 aliphatic rings. The molecule has 0 aromatic heterocycles. The smallest absolute Gasteiger partial charge is 0.414 e. The van der Waals surface area contributed by atoms with Gasteiger partial charge in [0.1, 0.15) is 23.4 Å². The Kier molecular flexibility index (Phi) is 19.2. The number of thioether (sulfide) groups is 1. The van der Waals surface area contributed by atoms with Gasteiger partial charge in [-0.15, -0.1) is 11.8 Å². The average Bonchev–Trinajstić information content (AvgIpc) is 3.01. The minimum atomic E-state index is -1.06. The van der Waals surface area contributed by atoms with Crippen LogP contribution < -0.4 is 16.4 Å². The molecule has 0 saturated heterocycles. The predicted molar refractivity (Wildman–Crippen MR) is 205 cm³/mol. The number of alkyl carbamates (subject to hydrolysis) is 2. The van der Waals surface area contributed by atoms with Crippen LogP contribution in [0.4, 0.5) is 23.2 Å². The van der Waals surface area contributed by atoms with E-state index >= 15 is 0 Å². The monoisotopic (exact) mass is 780 g/mol. The summed E-state index contributed by atoms with van der Waals surface area (Å²) >= 11 is 1.54. The molecule has 2 aromatic carbocycles. The molecule has 300 valence electrons. The van der Waals surface area contributed by atoms with Crippen molar-refractivity contribution in [3.05, 3.63) is 65.2 Å². The van der Waals surface area contributed by atoms with Gasteiger partial charge in [-0.05, 0) is 122 Å². The molecule has 0 aliphatic heterocycles. The number of nitrogens with two attached hydrogens (primary N) is 1. The first kappa shape index (κ1) is 47.3. The molecule has 54 heavy (non-hydrogen) atoms. The zero-order chi connectivity index (χ0) is 41.3. The van der Waals surface area contributed by atoms with E-state index in [1.807, 2.05) is 18.4 Å². The number of esters is 1. The van der Waals surface area contributed by atoms with Gasteiger partial charge < -0.3 is 29.8 Å². The van der Waals surface area contributed by atoms with Crippen molar-refractivity contribution >= 4 is 53.1 Å². The fraction of sp³-hybridized carbons (Fsp3) is 0.500. The van der Waals surface area contributed by atoms with Crippen LogP contribution in [0.5, 0.6) is 0 Å². The summed E-state index contributed by atoms with van der Waals surface area (Å²) in [5, 5.41) is 15.0. The Hall–Kier alpha value is -4.70. The van der Waals surface area contributed by atoms with E-state index in [1.165, 1.54) is 6.07 Å². The number of nitrogens with zero attached hydrogens (tertiary/aromatic N) is 1. The number of primary amides is 1. The summed E-state index contributed by atoms with van der Waals surface area (Å²) < 4.78 is 48.2. The Labute approximate surface area is 320 Å². The third kappa shape index (κ3) is 20.5. The first-order valence-corrected chi connectivity index (χ1v) is 18.3. The second kappa shape index (κ2) is 21.9. The Bertz CT molecular complexity index is 1600. The molecule has 16 heteroatoms. The van der Waals surface area contributed by atoms with E-state index in [0.29, 0.717) is 29.6 Å². The van der Waals surface area contributed by atoms with Crippen LogP contribution in [0.15, 0.2) is 52.4 Å². The Morgan fingerprint density at radius 2 is 1.28 bits per heavy atom. The average molecular weight is 781 g/mol. The lowest BCUT2D eigenvalue weighted by Gasteiger charge is -2.22. The van der Waals surface area contributed by atoms with Crippen LogP contribution in [0.2, 0.25) is 0 Å². The van der Waals surface area contributed by atoms with Gasteiger partial charge in [0, 0.05) is 23.4 Å². The van der Waals surface area contributed by atoms with Crippen molar-refractivity contribution < 1.29 is 52.0 Å². The van der Waals surface area contributed by atoms with Crippen LogP contribution in [0.3, 0.4) is 0 Å². The van der Waals surface area contributed by atoms with Gasteiger partial charge >= 0.3 is 24.2 Å². The Balaban J connectivity index is 0.00000163. The molecule has 0 radical (unpaired) electrons. The van der Waals surface area contributed by atoms with Gasteiger partial charge in [0.15, 0.2) is 11.6 Å². The fourth-order valence-electron chi connectivity index (χ4n) is 4.19. The first-order chi connectivity index (χ1) is 24.9.